The van der Waals surface area contributed by atoms with Crippen LogP contribution in [0, 0.1) is 11.8 Å². The summed E-state index contributed by atoms with van der Waals surface area (Å²) in [5.74, 6) is -1.67. The first kappa shape index (κ1) is 15.4. The van der Waals surface area contributed by atoms with Crippen molar-refractivity contribution in [1.82, 2.24) is 4.90 Å². The summed E-state index contributed by atoms with van der Waals surface area (Å²) in [7, 11) is 0. The van der Waals surface area contributed by atoms with Gasteiger partial charge in [0.25, 0.3) is 11.8 Å². The van der Waals surface area contributed by atoms with E-state index >= 15 is 0 Å². The topological polar surface area (TPSA) is 77.5 Å². The number of carboxylic acid groups (broad SMARTS) is 1. The average Bonchev–Trinajstić information content (AvgIpc) is 2.61. The fourth-order valence-corrected chi connectivity index (χ4v) is 2.45. The van der Waals surface area contributed by atoms with Crippen LogP contribution in [0.3, 0.4) is 0 Å². The van der Waals surface area contributed by atoms with Gasteiger partial charge in [-0.2, -0.15) is 0 Å². The van der Waals surface area contributed by atoms with Gasteiger partial charge in [-0.1, -0.05) is 0 Å². The predicted octanol–water partition coefficient (Wildman–Crippen LogP) is -3.53. The molecule has 1 aliphatic carbocycles. The van der Waals surface area contributed by atoms with Crippen molar-refractivity contribution in [2.24, 2.45) is 11.8 Å². The molecule has 2 rings (SSSR count). The molecule has 1 heterocycles. The van der Waals surface area contributed by atoms with Gasteiger partial charge in [0.2, 0.25) is 0 Å². The van der Waals surface area contributed by atoms with Crippen LogP contribution in [0.4, 0.5) is 0 Å². The normalized spacial score (nSPS) is 27.2. The standard InChI is InChI=1S/C12H15NO4.Na/c14-10-5-6-11(15)13(10)7-8-1-3-9(4-2-8)12(16)17;/h5-6,8-9H,1-4,7H2,(H,16,17);/q;+1/p-1. The molecule has 1 aliphatic heterocycles. The largest absolute Gasteiger partial charge is 1.00 e. The van der Waals surface area contributed by atoms with Crippen LogP contribution in [0.5, 0.6) is 0 Å². The molecule has 2 aliphatic rings. The Hall–Kier alpha value is -0.650. The van der Waals surface area contributed by atoms with Crippen molar-refractivity contribution in [3.63, 3.8) is 0 Å². The van der Waals surface area contributed by atoms with Gasteiger partial charge in [-0.05, 0) is 37.5 Å². The van der Waals surface area contributed by atoms with E-state index in [0.717, 1.165) is 12.8 Å². The minimum atomic E-state index is -0.988. The van der Waals surface area contributed by atoms with Gasteiger partial charge in [0.15, 0.2) is 0 Å². The maximum absolute atomic E-state index is 11.3. The van der Waals surface area contributed by atoms with Gasteiger partial charge in [0, 0.05) is 24.7 Å². The molecule has 0 aromatic carbocycles. The molecule has 1 saturated carbocycles. The summed E-state index contributed by atoms with van der Waals surface area (Å²) in [6.45, 7) is 0.407. The molecule has 0 N–H and O–H groups in total. The molecule has 0 spiro atoms. The molecule has 92 valence electrons. The number of aliphatic carboxylic acids is 1. The number of carbonyl (C=O) groups is 3. The molecule has 2 amide bonds. The van der Waals surface area contributed by atoms with Crippen LogP contribution in [0.25, 0.3) is 0 Å². The summed E-state index contributed by atoms with van der Waals surface area (Å²) in [6.07, 6.45) is 5.17. The summed E-state index contributed by atoms with van der Waals surface area (Å²) >= 11 is 0. The van der Waals surface area contributed by atoms with Crippen LogP contribution >= 0.6 is 0 Å². The minimum absolute atomic E-state index is 0. The third kappa shape index (κ3) is 3.43. The summed E-state index contributed by atoms with van der Waals surface area (Å²) in [5, 5.41) is 10.7. The number of carbonyl (C=O) groups excluding carboxylic acids is 3. The quantitative estimate of drug-likeness (QED) is 0.389. The number of imide groups is 1. The van der Waals surface area contributed by atoms with Gasteiger partial charge in [0.1, 0.15) is 0 Å². The zero-order chi connectivity index (χ0) is 12.4. The van der Waals surface area contributed by atoms with Gasteiger partial charge in [0.05, 0.1) is 0 Å². The number of rotatable bonds is 3. The number of nitrogens with zero attached hydrogens (tertiary/aromatic N) is 1. The van der Waals surface area contributed by atoms with E-state index in [1.807, 2.05) is 0 Å². The third-order valence-corrected chi connectivity index (χ3v) is 3.52. The second-order valence-corrected chi connectivity index (χ2v) is 4.66. The van der Waals surface area contributed by atoms with E-state index < -0.39 is 5.97 Å². The van der Waals surface area contributed by atoms with Crippen molar-refractivity contribution < 1.29 is 49.0 Å². The van der Waals surface area contributed by atoms with E-state index in [9.17, 15) is 19.5 Å². The number of hydrogen-bond acceptors (Lipinski definition) is 4. The number of hydrogen-bond donors (Lipinski definition) is 0. The average molecular weight is 259 g/mol. The van der Waals surface area contributed by atoms with E-state index in [0.29, 0.717) is 19.4 Å². The molecule has 0 unspecified atom stereocenters. The number of carboxylic acids is 1. The van der Waals surface area contributed by atoms with Gasteiger partial charge in [-0.15, -0.1) is 0 Å². The van der Waals surface area contributed by atoms with Crippen LogP contribution in [0.1, 0.15) is 25.7 Å². The monoisotopic (exact) mass is 259 g/mol. The van der Waals surface area contributed by atoms with Crippen LogP contribution in [0.2, 0.25) is 0 Å². The maximum atomic E-state index is 11.3. The number of amides is 2. The molecule has 5 nitrogen and oxygen atoms in total. The first-order valence-electron chi connectivity index (χ1n) is 5.82. The Bertz CT molecular complexity index is 368. The van der Waals surface area contributed by atoms with Gasteiger partial charge < -0.3 is 9.90 Å². The van der Waals surface area contributed by atoms with Gasteiger partial charge >= 0.3 is 29.6 Å². The van der Waals surface area contributed by atoms with Crippen molar-refractivity contribution >= 4 is 17.8 Å². The van der Waals surface area contributed by atoms with Crippen molar-refractivity contribution in [2.45, 2.75) is 25.7 Å². The molecule has 18 heavy (non-hydrogen) atoms. The Kier molecular flexibility index (Phi) is 5.56. The Balaban J connectivity index is 0.00000162. The van der Waals surface area contributed by atoms with Gasteiger partial charge in [-0.25, -0.2) is 0 Å². The van der Waals surface area contributed by atoms with Crippen molar-refractivity contribution in [1.29, 1.82) is 0 Å². The third-order valence-electron chi connectivity index (χ3n) is 3.52. The van der Waals surface area contributed by atoms with E-state index in [1.54, 1.807) is 0 Å². The Morgan fingerprint density at radius 1 is 1.17 bits per heavy atom. The van der Waals surface area contributed by atoms with Crippen LogP contribution in [-0.4, -0.2) is 29.2 Å². The zero-order valence-corrected chi connectivity index (χ0v) is 12.4. The zero-order valence-electron chi connectivity index (χ0n) is 10.4. The summed E-state index contributed by atoms with van der Waals surface area (Å²) in [5.41, 5.74) is 0. The minimum Gasteiger partial charge on any atom is -0.550 e. The van der Waals surface area contributed by atoms with E-state index in [2.05, 4.69) is 0 Å². The first-order chi connectivity index (χ1) is 8.08. The summed E-state index contributed by atoms with van der Waals surface area (Å²) < 4.78 is 0. The van der Waals surface area contributed by atoms with Crippen molar-refractivity contribution in [2.75, 3.05) is 6.54 Å². The Morgan fingerprint density at radius 2 is 1.67 bits per heavy atom. The Labute approximate surface area is 128 Å². The van der Waals surface area contributed by atoms with Crippen LogP contribution in [0.15, 0.2) is 12.2 Å². The SMILES string of the molecule is O=C([O-])C1CCC(CN2C(=O)C=CC2=O)CC1.[Na+]. The van der Waals surface area contributed by atoms with Gasteiger partial charge in [-0.3, -0.25) is 14.5 Å². The summed E-state index contributed by atoms with van der Waals surface area (Å²) in [4.78, 5) is 34.6. The van der Waals surface area contributed by atoms with E-state index in [1.165, 1.54) is 17.1 Å². The molecule has 0 atom stereocenters. The smallest absolute Gasteiger partial charge is 0.550 e. The first-order valence-corrected chi connectivity index (χ1v) is 5.82. The molecular formula is C12H14NNaO4. The molecule has 0 saturated heterocycles. The summed E-state index contributed by atoms with van der Waals surface area (Å²) in [6, 6.07) is 0. The fourth-order valence-electron chi connectivity index (χ4n) is 2.45. The maximum Gasteiger partial charge on any atom is 1.00 e. The Morgan fingerprint density at radius 3 is 2.11 bits per heavy atom. The molecule has 0 bridgehead atoms. The van der Waals surface area contributed by atoms with Crippen LogP contribution in [-0.2, 0) is 14.4 Å². The second-order valence-electron chi connectivity index (χ2n) is 4.66. The van der Waals surface area contributed by atoms with Crippen molar-refractivity contribution in [3.8, 4) is 0 Å². The molecule has 0 aromatic rings. The second kappa shape index (κ2) is 6.50. The molecule has 0 radical (unpaired) electrons. The van der Waals surface area contributed by atoms with E-state index in [-0.39, 0.29) is 53.2 Å². The predicted molar refractivity (Wildman–Crippen MR) is 56.3 cm³/mol. The molecule has 1 fully saturated rings. The molecule has 0 aromatic heterocycles. The molecular weight excluding hydrogens is 245 g/mol. The van der Waals surface area contributed by atoms with E-state index in [4.69, 9.17) is 0 Å². The molecule has 6 heteroatoms. The van der Waals surface area contributed by atoms with Crippen molar-refractivity contribution in [3.05, 3.63) is 12.2 Å². The van der Waals surface area contributed by atoms with Crippen LogP contribution < -0.4 is 34.7 Å². The fraction of sp³-hybridized carbons (Fsp3) is 0.583.